The lowest BCUT2D eigenvalue weighted by Gasteiger charge is -2.01. The highest BCUT2D eigenvalue weighted by Gasteiger charge is 2.13. The number of nitrogens with zero attached hydrogens (tertiary/aromatic N) is 3. The van der Waals surface area contributed by atoms with Gasteiger partial charge in [0.2, 0.25) is 5.78 Å². The van der Waals surface area contributed by atoms with Crippen LogP contribution in [0.4, 0.5) is 4.39 Å². The van der Waals surface area contributed by atoms with Gasteiger partial charge in [-0.1, -0.05) is 0 Å². The summed E-state index contributed by atoms with van der Waals surface area (Å²) in [6.45, 7) is 0. The Morgan fingerprint density at radius 3 is 2.74 bits per heavy atom. The molecule has 8 heteroatoms. The van der Waals surface area contributed by atoms with Crippen molar-refractivity contribution in [2.45, 2.75) is 0 Å². The Kier molecular flexibility index (Phi) is 3.15. The predicted molar refractivity (Wildman–Crippen MR) is 61.4 cm³/mol. The minimum Gasteiger partial charge on any atom is -0.478 e. The molecule has 0 atom stereocenters. The van der Waals surface area contributed by atoms with Crippen LogP contribution in [0.2, 0.25) is 0 Å². The second kappa shape index (κ2) is 4.77. The first-order chi connectivity index (χ1) is 9.02. The summed E-state index contributed by atoms with van der Waals surface area (Å²) >= 11 is 0. The Balaban J connectivity index is 2.40. The highest BCUT2D eigenvalue weighted by molar-refractivity contribution is 6.33. The van der Waals surface area contributed by atoms with E-state index in [2.05, 4.69) is 10.2 Å². The zero-order valence-electron chi connectivity index (χ0n) is 9.37. The van der Waals surface area contributed by atoms with E-state index in [4.69, 9.17) is 10.5 Å². The van der Waals surface area contributed by atoms with E-state index in [-0.39, 0.29) is 11.4 Å². The molecule has 2 rings (SSSR count). The molecule has 0 bridgehead atoms. The van der Waals surface area contributed by atoms with Crippen LogP contribution in [0.5, 0.6) is 0 Å². The molecule has 19 heavy (non-hydrogen) atoms. The normalized spacial score (nSPS) is 10.2. The minimum atomic E-state index is -1.38. The molecule has 96 valence electrons. The number of hydrogen-bond acceptors (Lipinski definition) is 5. The summed E-state index contributed by atoms with van der Waals surface area (Å²) in [6, 6.07) is 3.34. The van der Waals surface area contributed by atoms with Crippen LogP contribution in [0.25, 0.3) is 5.69 Å². The lowest BCUT2D eigenvalue weighted by molar-refractivity contribution is 0.0691. The monoisotopic (exact) mass is 262 g/mol. The fourth-order valence-corrected chi connectivity index (χ4v) is 1.38. The number of rotatable bonds is 4. The molecule has 0 radical (unpaired) electrons. The third kappa shape index (κ3) is 2.37. The number of hydrogen-bond donors (Lipinski definition) is 2. The Hall–Kier alpha value is -2.90. The molecule has 1 aromatic heterocycles. The maximum Gasteiger partial charge on any atom is 0.338 e. The number of carbonyl (C=O) groups is 2. The van der Waals surface area contributed by atoms with Crippen molar-refractivity contribution in [2.75, 3.05) is 0 Å². The number of carbonyl (C=O) groups excluding carboxylic acids is 1. The van der Waals surface area contributed by atoms with Gasteiger partial charge in [0.15, 0.2) is 5.69 Å². The van der Waals surface area contributed by atoms with Crippen LogP contribution in [0, 0.1) is 11.2 Å². The molecular formula is C11H7FN4O3. The van der Waals surface area contributed by atoms with Gasteiger partial charge in [0.25, 0.3) is 0 Å². The van der Waals surface area contributed by atoms with E-state index in [1.54, 1.807) is 0 Å². The van der Waals surface area contributed by atoms with Gasteiger partial charge in [-0.2, -0.15) is 9.90 Å². The number of Topliss-reactive ketones (excluding diaryl/α,β-unsaturated/α-hetero) is 1. The van der Waals surface area contributed by atoms with Gasteiger partial charge in [0.05, 0.1) is 23.7 Å². The van der Waals surface area contributed by atoms with E-state index >= 15 is 0 Å². The second-order valence-corrected chi connectivity index (χ2v) is 3.50. The van der Waals surface area contributed by atoms with Crippen LogP contribution in [-0.4, -0.2) is 38.1 Å². The fraction of sp³-hybridized carbons (Fsp3) is 0. The van der Waals surface area contributed by atoms with Gasteiger partial charge < -0.3 is 10.5 Å². The number of carboxylic acids is 1. The summed E-state index contributed by atoms with van der Waals surface area (Å²) in [4.78, 5) is 22.8. The number of aromatic nitrogens is 3. The van der Waals surface area contributed by atoms with Gasteiger partial charge in [-0.3, -0.25) is 4.79 Å². The standard InChI is InChI=1S/C11H7FN4O3/c12-8-3-6(1-2-7(8)11(18)19)16-14-5-9(15-16)10(17)4-13/h1-5,13H,(H,18,19). The highest BCUT2D eigenvalue weighted by atomic mass is 19.1. The van der Waals surface area contributed by atoms with Crippen molar-refractivity contribution in [2.24, 2.45) is 0 Å². The predicted octanol–water partition coefficient (Wildman–Crippen LogP) is 0.937. The molecule has 0 amide bonds. The average molecular weight is 262 g/mol. The van der Waals surface area contributed by atoms with Gasteiger partial charge in [-0.25, -0.2) is 9.18 Å². The van der Waals surface area contributed by atoms with Crippen LogP contribution in [0.15, 0.2) is 24.4 Å². The summed E-state index contributed by atoms with van der Waals surface area (Å²) < 4.78 is 13.5. The maximum atomic E-state index is 13.5. The van der Waals surface area contributed by atoms with E-state index in [9.17, 15) is 14.0 Å². The van der Waals surface area contributed by atoms with Gasteiger partial charge in [0.1, 0.15) is 5.82 Å². The summed E-state index contributed by atoms with van der Waals surface area (Å²) in [6.07, 6.45) is 1.72. The third-order valence-electron chi connectivity index (χ3n) is 2.29. The summed E-state index contributed by atoms with van der Waals surface area (Å²) in [5.74, 6) is -2.94. The summed E-state index contributed by atoms with van der Waals surface area (Å²) in [5.41, 5.74) is -0.351. The lowest BCUT2D eigenvalue weighted by Crippen LogP contribution is -2.06. The van der Waals surface area contributed by atoms with Gasteiger partial charge in [-0.15, -0.1) is 5.10 Å². The number of ketones is 1. The van der Waals surface area contributed by atoms with E-state index in [0.29, 0.717) is 6.21 Å². The topological polar surface area (TPSA) is 109 Å². The Labute approximate surface area is 105 Å². The van der Waals surface area contributed by atoms with E-state index in [1.807, 2.05) is 0 Å². The van der Waals surface area contributed by atoms with E-state index in [0.717, 1.165) is 23.1 Å². The maximum absolute atomic E-state index is 13.5. The third-order valence-corrected chi connectivity index (χ3v) is 2.29. The Bertz CT molecular complexity index is 680. The summed E-state index contributed by atoms with van der Waals surface area (Å²) in [7, 11) is 0. The number of carboxylic acid groups (broad SMARTS) is 1. The quantitative estimate of drug-likeness (QED) is 0.629. The van der Waals surface area contributed by atoms with Crippen LogP contribution in [-0.2, 0) is 0 Å². The molecule has 0 fully saturated rings. The molecule has 0 unspecified atom stereocenters. The molecule has 0 aliphatic carbocycles. The molecule has 1 aromatic carbocycles. The van der Waals surface area contributed by atoms with Crippen molar-refractivity contribution in [1.29, 1.82) is 5.41 Å². The summed E-state index contributed by atoms with van der Waals surface area (Å²) in [5, 5.41) is 23.0. The first-order valence-electron chi connectivity index (χ1n) is 5.03. The van der Waals surface area contributed by atoms with Crippen molar-refractivity contribution >= 4 is 18.0 Å². The molecule has 0 saturated carbocycles. The Morgan fingerprint density at radius 2 is 2.16 bits per heavy atom. The van der Waals surface area contributed by atoms with Gasteiger partial charge >= 0.3 is 5.97 Å². The number of aromatic carboxylic acids is 1. The molecule has 0 aliphatic heterocycles. The fourth-order valence-electron chi connectivity index (χ4n) is 1.38. The molecule has 1 heterocycles. The van der Waals surface area contributed by atoms with Crippen molar-refractivity contribution in [1.82, 2.24) is 15.0 Å². The van der Waals surface area contributed by atoms with Crippen LogP contribution >= 0.6 is 0 Å². The molecule has 0 saturated heterocycles. The highest BCUT2D eigenvalue weighted by Crippen LogP contribution is 2.13. The molecular weight excluding hydrogens is 255 g/mol. The smallest absolute Gasteiger partial charge is 0.338 e. The zero-order valence-corrected chi connectivity index (χ0v) is 9.37. The second-order valence-electron chi connectivity index (χ2n) is 3.50. The first-order valence-corrected chi connectivity index (χ1v) is 5.03. The number of halogens is 1. The largest absolute Gasteiger partial charge is 0.478 e. The van der Waals surface area contributed by atoms with E-state index in [1.165, 1.54) is 6.07 Å². The van der Waals surface area contributed by atoms with Crippen molar-refractivity contribution in [3.8, 4) is 5.69 Å². The van der Waals surface area contributed by atoms with Crippen LogP contribution in [0.1, 0.15) is 20.8 Å². The molecule has 7 nitrogen and oxygen atoms in total. The number of nitrogens with one attached hydrogen (secondary N) is 1. The van der Waals surface area contributed by atoms with Crippen molar-refractivity contribution < 1.29 is 19.1 Å². The molecule has 0 spiro atoms. The first kappa shape index (κ1) is 12.6. The molecule has 0 aliphatic rings. The lowest BCUT2D eigenvalue weighted by atomic mass is 10.2. The van der Waals surface area contributed by atoms with Crippen molar-refractivity contribution in [3.05, 3.63) is 41.5 Å². The van der Waals surface area contributed by atoms with Crippen molar-refractivity contribution in [3.63, 3.8) is 0 Å². The van der Waals surface area contributed by atoms with Crippen LogP contribution < -0.4 is 0 Å². The van der Waals surface area contributed by atoms with E-state index < -0.39 is 23.1 Å². The molecule has 2 aromatic rings. The van der Waals surface area contributed by atoms with Gasteiger partial charge in [0, 0.05) is 6.07 Å². The van der Waals surface area contributed by atoms with Gasteiger partial charge in [-0.05, 0) is 12.1 Å². The SMILES string of the molecule is N=CC(=O)c1cnn(-c2ccc(C(=O)O)c(F)c2)n1. The Morgan fingerprint density at radius 1 is 1.42 bits per heavy atom. The van der Waals surface area contributed by atoms with Crippen LogP contribution in [0.3, 0.4) is 0 Å². The average Bonchev–Trinajstić information content (AvgIpc) is 2.86. The number of benzene rings is 1. The molecule has 2 N–H and O–H groups in total. The minimum absolute atomic E-state index is 0.0577. The zero-order chi connectivity index (χ0) is 14.0.